The van der Waals surface area contributed by atoms with Gasteiger partial charge in [-0.15, -0.1) is 0 Å². The largest absolute Gasteiger partial charge is 0.163 e. The van der Waals surface area contributed by atoms with Crippen LogP contribution in [-0.2, 0) is 0 Å². The van der Waals surface area contributed by atoms with Crippen molar-refractivity contribution in [1.29, 1.82) is 0 Å². The van der Waals surface area contributed by atoms with Crippen molar-refractivity contribution in [2.45, 2.75) is 55.4 Å². The summed E-state index contributed by atoms with van der Waals surface area (Å²) in [5, 5.41) is 0. The minimum Gasteiger partial charge on any atom is -0.163 e. The second-order valence-corrected chi connectivity index (χ2v) is 2.34. The van der Waals surface area contributed by atoms with Crippen molar-refractivity contribution in [2.75, 3.05) is 11.5 Å². The van der Waals surface area contributed by atoms with E-state index in [9.17, 15) is 0 Å². The van der Waals surface area contributed by atoms with Crippen LogP contribution < -0.4 is 0 Å². The van der Waals surface area contributed by atoms with E-state index in [-0.39, 0.29) is 0 Å². The predicted octanol–water partition coefficient (Wildman–Crippen LogP) is 4.84. The summed E-state index contributed by atoms with van der Waals surface area (Å²) >= 11 is 1.96. The van der Waals surface area contributed by atoms with Gasteiger partial charge in [-0.2, -0.15) is 11.8 Å². The molecule has 0 heterocycles. The molecule has 0 bridgehead atoms. The van der Waals surface area contributed by atoms with Crippen LogP contribution >= 0.6 is 11.8 Å². The normalized spacial score (nSPS) is 5.45. The third-order valence-electron chi connectivity index (χ3n) is 0.408. The first-order valence-electron chi connectivity index (χ1n) is 4.99. The first-order valence-corrected chi connectivity index (χ1v) is 6.15. The van der Waals surface area contributed by atoms with Gasteiger partial charge in [0.1, 0.15) is 0 Å². The standard InChI is InChI=1S/C4H10S.3C2H6/c1-3-5-4-2;3*1-2/h3-4H2,1-2H3;3*1-2H3. The number of hydrogen-bond acceptors (Lipinski definition) is 1. The van der Waals surface area contributed by atoms with Crippen LogP contribution in [0, 0.1) is 0 Å². The molecule has 11 heavy (non-hydrogen) atoms. The molecule has 0 nitrogen and oxygen atoms in total. The smallest absolute Gasteiger partial charge is 0.00961 e. The molecule has 0 aromatic rings. The molecule has 0 amide bonds. The molecular formula is C10H28S. The van der Waals surface area contributed by atoms with Crippen LogP contribution in [0.4, 0.5) is 0 Å². The molecule has 0 atom stereocenters. The maximum Gasteiger partial charge on any atom is -0.00961 e. The molecule has 0 N–H and O–H groups in total. The summed E-state index contributed by atoms with van der Waals surface area (Å²) < 4.78 is 0. The van der Waals surface area contributed by atoms with Gasteiger partial charge in [-0.1, -0.05) is 55.4 Å². The Morgan fingerprint density at radius 1 is 0.636 bits per heavy atom. The van der Waals surface area contributed by atoms with Crippen molar-refractivity contribution in [2.24, 2.45) is 0 Å². The van der Waals surface area contributed by atoms with Gasteiger partial charge in [-0.3, -0.25) is 0 Å². The molecule has 0 saturated carbocycles. The summed E-state index contributed by atoms with van der Waals surface area (Å²) in [4.78, 5) is 0. The molecule has 0 aromatic heterocycles. The third kappa shape index (κ3) is 131. The monoisotopic (exact) mass is 180 g/mol. The van der Waals surface area contributed by atoms with Gasteiger partial charge in [0.15, 0.2) is 0 Å². The lowest BCUT2D eigenvalue weighted by Crippen LogP contribution is -1.64. The molecule has 74 valence electrons. The Balaban J connectivity index is -0.0000000350. The molecule has 0 unspecified atom stereocenters. The van der Waals surface area contributed by atoms with E-state index in [4.69, 9.17) is 0 Å². The second-order valence-electron chi connectivity index (χ2n) is 0.781. The van der Waals surface area contributed by atoms with Crippen LogP contribution in [0.2, 0.25) is 0 Å². The van der Waals surface area contributed by atoms with E-state index < -0.39 is 0 Å². The van der Waals surface area contributed by atoms with E-state index in [2.05, 4.69) is 13.8 Å². The molecular weight excluding hydrogens is 152 g/mol. The van der Waals surface area contributed by atoms with Crippen molar-refractivity contribution in [3.63, 3.8) is 0 Å². The van der Waals surface area contributed by atoms with Crippen LogP contribution in [0.3, 0.4) is 0 Å². The fourth-order valence-electron chi connectivity index (χ4n) is 0.204. The summed E-state index contributed by atoms with van der Waals surface area (Å²) in [6.45, 7) is 16.3. The van der Waals surface area contributed by atoms with Gasteiger partial charge < -0.3 is 0 Å². The van der Waals surface area contributed by atoms with Gasteiger partial charge in [-0.25, -0.2) is 0 Å². The Morgan fingerprint density at radius 3 is 0.818 bits per heavy atom. The van der Waals surface area contributed by atoms with Gasteiger partial charge in [0.05, 0.1) is 0 Å². The van der Waals surface area contributed by atoms with Gasteiger partial charge in [0.2, 0.25) is 0 Å². The SMILES string of the molecule is CC.CC.CC.CCSCC. The predicted molar refractivity (Wildman–Crippen MR) is 62.7 cm³/mol. The average molecular weight is 180 g/mol. The topological polar surface area (TPSA) is 0 Å². The fourth-order valence-corrected chi connectivity index (χ4v) is 0.612. The van der Waals surface area contributed by atoms with E-state index >= 15 is 0 Å². The molecule has 0 spiro atoms. The molecule has 0 fully saturated rings. The Bertz CT molecular complexity index is 12.3. The lowest BCUT2D eigenvalue weighted by molar-refractivity contribution is 1.46. The average Bonchev–Trinajstić information content (AvgIpc) is 2.16. The summed E-state index contributed by atoms with van der Waals surface area (Å²) in [6, 6.07) is 0. The lowest BCUT2D eigenvalue weighted by atomic mass is 11.0. The third-order valence-corrected chi connectivity index (χ3v) is 1.22. The Kier molecular flexibility index (Phi) is 165. The van der Waals surface area contributed by atoms with Gasteiger partial charge >= 0.3 is 0 Å². The highest BCUT2D eigenvalue weighted by Crippen LogP contribution is 1.93. The summed E-state index contributed by atoms with van der Waals surface area (Å²) in [7, 11) is 0. The number of hydrogen-bond donors (Lipinski definition) is 0. The molecule has 0 rings (SSSR count). The minimum atomic E-state index is 1.26. The first-order chi connectivity index (χ1) is 5.41. The van der Waals surface area contributed by atoms with Gasteiger partial charge in [-0.05, 0) is 11.5 Å². The molecule has 0 saturated heterocycles. The van der Waals surface area contributed by atoms with E-state index in [1.54, 1.807) is 0 Å². The highest BCUT2D eigenvalue weighted by atomic mass is 32.2. The van der Waals surface area contributed by atoms with Crippen LogP contribution in [0.15, 0.2) is 0 Å². The lowest BCUT2D eigenvalue weighted by Gasteiger charge is -1.80. The van der Waals surface area contributed by atoms with Crippen molar-refractivity contribution in [3.05, 3.63) is 0 Å². The molecule has 0 radical (unpaired) electrons. The van der Waals surface area contributed by atoms with Gasteiger partial charge in [0, 0.05) is 0 Å². The van der Waals surface area contributed by atoms with Crippen LogP contribution in [0.25, 0.3) is 0 Å². The molecule has 0 aliphatic rings. The zero-order valence-electron chi connectivity index (χ0n) is 9.82. The maximum atomic E-state index is 2.17. The Morgan fingerprint density at radius 2 is 0.818 bits per heavy atom. The molecule has 1 heteroatoms. The molecule has 0 aliphatic heterocycles. The first kappa shape index (κ1) is 22.5. The number of thioether (sulfide) groups is 1. The second kappa shape index (κ2) is 80.6. The summed E-state index contributed by atoms with van der Waals surface area (Å²) in [6.07, 6.45) is 0. The summed E-state index contributed by atoms with van der Waals surface area (Å²) in [5.41, 5.74) is 0. The number of rotatable bonds is 2. The zero-order chi connectivity index (χ0) is 10.1. The van der Waals surface area contributed by atoms with Crippen LogP contribution in [0.5, 0.6) is 0 Å². The van der Waals surface area contributed by atoms with Crippen molar-refractivity contribution >= 4 is 11.8 Å². The van der Waals surface area contributed by atoms with Crippen molar-refractivity contribution < 1.29 is 0 Å². The van der Waals surface area contributed by atoms with E-state index in [1.807, 2.05) is 53.3 Å². The quantitative estimate of drug-likeness (QED) is 0.586. The van der Waals surface area contributed by atoms with Crippen LogP contribution in [0.1, 0.15) is 55.4 Å². The van der Waals surface area contributed by atoms with E-state index in [0.29, 0.717) is 0 Å². The van der Waals surface area contributed by atoms with Crippen LogP contribution in [-0.4, -0.2) is 11.5 Å². The molecule has 0 aromatic carbocycles. The van der Waals surface area contributed by atoms with E-state index in [1.165, 1.54) is 11.5 Å². The Hall–Kier alpha value is 0.350. The minimum absolute atomic E-state index is 1.26. The maximum absolute atomic E-state index is 2.17. The van der Waals surface area contributed by atoms with Crippen molar-refractivity contribution in [3.8, 4) is 0 Å². The van der Waals surface area contributed by atoms with E-state index in [0.717, 1.165) is 0 Å². The van der Waals surface area contributed by atoms with Crippen molar-refractivity contribution in [1.82, 2.24) is 0 Å². The Labute approximate surface area is 79.2 Å². The van der Waals surface area contributed by atoms with Gasteiger partial charge in [0.25, 0.3) is 0 Å². The summed E-state index contributed by atoms with van der Waals surface area (Å²) in [5.74, 6) is 2.52. The fraction of sp³-hybridized carbons (Fsp3) is 1.00. The zero-order valence-corrected chi connectivity index (χ0v) is 10.6. The highest BCUT2D eigenvalue weighted by Gasteiger charge is 1.67. The highest BCUT2D eigenvalue weighted by molar-refractivity contribution is 7.99. The molecule has 0 aliphatic carbocycles.